The summed E-state index contributed by atoms with van der Waals surface area (Å²) in [7, 11) is 0. The first-order chi connectivity index (χ1) is 14.4. The summed E-state index contributed by atoms with van der Waals surface area (Å²) in [5, 5.41) is 3.18. The number of carbonyl (C=O) groups is 2. The minimum absolute atomic E-state index is 0.207. The van der Waals surface area contributed by atoms with Crippen LogP contribution in [0.2, 0.25) is 0 Å². The molecule has 0 aromatic rings. The highest BCUT2D eigenvalue weighted by atomic mass is 16.2. The summed E-state index contributed by atoms with van der Waals surface area (Å²) in [6, 6.07) is 0. The molecule has 1 N–H and O–H groups in total. The molecule has 0 unspecified atom stereocenters. The van der Waals surface area contributed by atoms with Crippen LogP contribution in [0.4, 0.5) is 0 Å². The second kappa shape index (κ2) is 11.0. The van der Waals surface area contributed by atoms with Gasteiger partial charge in [0, 0.05) is 26.1 Å². The SMILES string of the molecule is CCC(=O)N1CCC2(CCC(CCNC(=O)CN3CCC(C(C)C)CC3)CC2)CC1. The average Bonchev–Trinajstić information content (AvgIpc) is 2.75. The molecule has 0 atom stereocenters. The van der Waals surface area contributed by atoms with Gasteiger partial charge in [-0.15, -0.1) is 0 Å². The Morgan fingerprint density at radius 1 is 0.967 bits per heavy atom. The van der Waals surface area contributed by atoms with Gasteiger partial charge in [-0.3, -0.25) is 14.5 Å². The van der Waals surface area contributed by atoms with E-state index in [4.69, 9.17) is 0 Å². The molecule has 0 aromatic heterocycles. The van der Waals surface area contributed by atoms with Crippen molar-refractivity contribution in [3.63, 3.8) is 0 Å². The summed E-state index contributed by atoms with van der Waals surface area (Å²) in [6.07, 6.45) is 11.8. The highest BCUT2D eigenvalue weighted by molar-refractivity contribution is 5.78. The van der Waals surface area contributed by atoms with Crippen LogP contribution in [-0.4, -0.2) is 60.9 Å². The summed E-state index contributed by atoms with van der Waals surface area (Å²) >= 11 is 0. The molecular formula is C25H45N3O2. The summed E-state index contributed by atoms with van der Waals surface area (Å²) in [4.78, 5) is 28.7. The lowest BCUT2D eigenvalue weighted by Crippen LogP contribution is -2.44. The highest BCUT2D eigenvalue weighted by Crippen LogP contribution is 2.46. The molecule has 5 heteroatoms. The van der Waals surface area contributed by atoms with Crippen LogP contribution in [0.25, 0.3) is 0 Å². The second-order valence-corrected chi connectivity index (χ2v) is 10.7. The van der Waals surface area contributed by atoms with Crippen LogP contribution in [0.1, 0.15) is 85.0 Å². The van der Waals surface area contributed by atoms with Crippen molar-refractivity contribution in [3.8, 4) is 0 Å². The molecule has 3 aliphatic rings. The van der Waals surface area contributed by atoms with E-state index in [0.29, 0.717) is 24.3 Å². The Balaban J connectivity index is 1.27. The Morgan fingerprint density at radius 2 is 1.60 bits per heavy atom. The maximum atomic E-state index is 12.3. The number of likely N-dealkylation sites (tertiary alicyclic amines) is 2. The van der Waals surface area contributed by atoms with Crippen LogP contribution in [-0.2, 0) is 9.59 Å². The monoisotopic (exact) mass is 419 g/mol. The quantitative estimate of drug-likeness (QED) is 0.677. The Hall–Kier alpha value is -1.10. The number of hydrogen-bond acceptors (Lipinski definition) is 3. The van der Waals surface area contributed by atoms with Crippen molar-refractivity contribution in [2.75, 3.05) is 39.3 Å². The molecule has 2 amide bonds. The van der Waals surface area contributed by atoms with Gasteiger partial charge in [-0.1, -0.05) is 20.8 Å². The van der Waals surface area contributed by atoms with Crippen LogP contribution in [0.3, 0.4) is 0 Å². The molecule has 2 saturated heterocycles. The van der Waals surface area contributed by atoms with Gasteiger partial charge < -0.3 is 10.2 Å². The molecule has 5 nitrogen and oxygen atoms in total. The maximum Gasteiger partial charge on any atom is 0.234 e. The van der Waals surface area contributed by atoms with E-state index in [0.717, 1.165) is 56.9 Å². The first-order valence-corrected chi connectivity index (χ1v) is 12.7. The normalized spacial score (nSPS) is 23.8. The van der Waals surface area contributed by atoms with Gasteiger partial charge in [0.15, 0.2) is 0 Å². The maximum absolute atomic E-state index is 12.3. The van der Waals surface area contributed by atoms with Gasteiger partial charge in [-0.05, 0) is 94.0 Å². The van der Waals surface area contributed by atoms with Crippen molar-refractivity contribution in [2.45, 2.75) is 85.0 Å². The fraction of sp³-hybridized carbons (Fsp3) is 0.920. The van der Waals surface area contributed by atoms with Gasteiger partial charge in [0.25, 0.3) is 0 Å². The topological polar surface area (TPSA) is 52.7 Å². The number of rotatable bonds is 7. The molecule has 0 radical (unpaired) electrons. The molecule has 30 heavy (non-hydrogen) atoms. The molecule has 1 aliphatic carbocycles. The van der Waals surface area contributed by atoms with Crippen molar-refractivity contribution < 1.29 is 9.59 Å². The molecular weight excluding hydrogens is 374 g/mol. The lowest BCUT2D eigenvalue weighted by molar-refractivity contribution is -0.133. The van der Waals surface area contributed by atoms with E-state index in [1.54, 1.807) is 0 Å². The Bertz CT molecular complexity index is 551. The molecule has 2 heterocycles. The van der Waals surface area contributed by atoms with E-state index >= 15 is 0 Å². The van der Waals surface area contributed by atoms with Gasteiger partial charge in [0.05, 0.1) is 6.54 Å². The van der Waals surface area contributed by atoms with Gasteiger partial charge in [0.1, 0.15) is 0 Å². The number of hydrogen-bond donors (Lipinski definition) is 1. The van der Waals surface area contributed by atoms with Gasteiger partial charge in [0.2, 0.25) is 11.8 Å². The molecule has 1 spiro atoms. The first-order valence-electron chi connectivity index (χ1n) is 12.7. The van der Waals surface area contributed by atoms with E-state index in [1.807, 2.05) is 6.92 Å². The summed E-state index contributed by atoms with van der Waals surface area (Å²) < 4.78 is 0. The number of amides is 2. The second-order valence-electron chi connectivity index (χ2n) is 10.7. The number of carbonyl (C=O) groups excluding carboxylic acids is 2. The molecule has 3 rings (SSSR count). The molecule has 2 aliphatic heterocycles. The first kappa shape index (κ1) is 23.6. The molecule has 3 fully saturated rings. The van der Waals surface area contributed by atoms with Crippen molar-refractivity contribution in [1.29, 1.82) is 0 Å². The Labute approximate surface area is 184 Å². The fourth-order valence-corrected chi connectivity index (χ4v) is 5.99. The zero-order valence-corrected chi connectivity index (χ0v) is 19.8. The van der Waals surface area contributed by atoms with E-state index in [1.165, 1.54) is 51.4 Å². The van der Waals surface area contributed by atoms with Gasteiger partial charge in [-0.2, -0.15) is 0 Å². The number of nitrogens with zero attached hydrogens (tertiary/aromatic N) is 2. The van der Waals surface area contributed by atoms with Crippen LogP contribution in [0, 0.1) is 23.2 Å². The smallest absolute Gasteiger partial charge is 0.234 e. The van der Waals surface area contributed by atoms with E-state index in [-0.39, 0.29) is 5.91 Å². The zero-order chi connectivity index (χ0) is 21.6. The van der Waals surface area contributed by atoms with Crippen molar-refractivity contribution >= 4 is 11.8 Å². The van der Waals surface area contributed by atoms with Crippen LogP contribution >= 0.6 is 0 Å². The van der Waals surface area contributed by atoms with Crippen molar-refractivity contribution in [3.05, 3.63) is 0 Å². The van der Waals surface area contributed by atoms with E-state index in [2.05, 4.69) is 29.0 Å². The summed E-state index contributed by atoms with van der Waals surface area (Å²) in [5.41, 5.74) is 0.492. The minimum Gasteiger partial charge on any atom is -0.355 e. The standard InChI is InChI=1S/C25H45N3O2/c1-4-24(30)28-17-12-25(13-18-28)10-5-21(6-11-25)7-14-26-23(29)19-27-15-8-22(9-16-27)20(2)3/h20-22H,4-19H2,1-3H3,(H,26,29). The summed E-state index contributed by atoms with van der Waals surface area (Å²) in [5.74, 6) is 2.88. The van der Waals surface area contributed by atoms with Crippen molar-refractivity contribution in [2.24, 2.45) is 23.2 Å². The highest BCUT2D eigenvalue weighted by Gasteiger charge is 2.38. The van der Waals surface area contributed by atoms with Crippen LogP contribution < -0.4 is 5.32 Å². The largest absolute Gasteiger partial charge is 0.355 e. The Morgan fingerprint density at radius 3 is 2.17 bits per heavy atom. The molecule has 1 saturated carbocycles. The fourth-order valence-electron chi connectivity index (χ4n) is 5.99. The number of nitrogens with one attached hydrogen (secondary N) is 1. The average molecular weight is 420 g/mol. The third-order valence-corrected chi connectivity index (χ3v) is 8.46. The molecule has 172 valence electrons. The molecule has 0 aromatic carbocycles. The van der Waals surface area contributed by atoms with Gasteiger partial charge in [-0.25, -0.2) is 0 Å². The third-order valence-electron chi connectivity index (χ3n) is 8.46. The minimum atomic E-state index is 0.207. The lowest BCUT2D eigenvalue weighted by Gasteiger charge is -2.46. The lowest BCUT2D eigenvalue weighted by atomic mass is 9.65. The van der Waals surface area contributed by atoms with E-state index in [9.17, 15) is 9.59 Å². The zero-order valence-electron chi connectivity index (χ0n) is 19.8. The summed E-state index contributed by atoms with van der Waals surface area (Å²) in [6.45, 7) is 12.1. The predicted molar refractivity (Wildman–Crippen MR) is 122 cm³/mol. The van der Waals surface area contributed by atoms with Gasteiger partial charge >= 0.3 is 0 Å². The van der Waals surface area contributed by atoms with E-state index < -0.39 is 0 Å². The van der Waals surface area contributed by atoms with Crippen LogP contribution in [0.5, 0.6) is 0 Å². The van der Waals surface area contributed by atoms with Crippen LogP contribution in [0.15, 0.2) is 0 Å². The Kier molecular flexibility index (Phi) is 8.62. The number of piperidine rings is 2. The van der Waals surface area contributed by atoms with Crippen molar-refractivity contribution in [1.82, 2.24) is 15.1 Å². The predicted octanol–water partition coefficient (Wildman–Crippen LogP) is 4.07. The molecule has 0 bridgehead atoms. The third kappa shape index (κ3) is 6.45.